The third-order valence-corrected chi connectivity index (χ3v) is 2.35. The number of fused-ring (bicyclic) bond motifs is 1. The van der Waals surface area contributed by atoms with E-state index in [2.05, 4.69) is 18.5 Å². The molecule has 0 amide bonds. The van der Waals surface area contributed by atoms with Crippen molar-refractivity contribution in [3.8, 4) is 0 Å². The Morgan fingerprint density at radius 3 is 2.75 bits per heavy atom. The highest BCUT2D eigenvalue weighted by molar-refractivity contribution is 5.17. The number of nitrogens with zero attached hydrogens (tertiary/aromatic N) is 1. The van der Waals surface area contributed by atoms with Crippen molar-refractivity contribution in [1.29, 1.82) is 0 Å². The first-order valence-electron chi connectivity index (χ1n) is 3.19. The summed E-state index contributed by atoms with van der Waals surface area (Å²) in [4.78, 5) is 2.28. The van der Waals surface area contributed by atoms with Crippen molar-refractivity contribution in [2.75, 3.05) is 13.6 Å². The minimum atomic E-state index is 0.889. The van der Waals surface area contributed by atoms with Gasteiger partial charge in [0.05, 0.1) is 0 Å². The largest absolute Gasteiger partial charge is 0.378 e. The summed E-state index contributed by atoms with van der Waals surface area (Å²) in [5.74, 6) is 1.88. The zero-order valence-electron chi connectivity index (χ0n) is 5.22. The molecule has 1 heteroatoms. The van der Waals surface area contributed by atoms with Gasteiger partial charge in [-0.15, -0.1) is 0 Å². The molecule has 0 N–H and O–H groups in total. The standard InChI is InChI=1S/C7H11N/c1-5-7-3-6(7)4-8(5)2/h6-7H,1,3-4H2,2H3. The van der Waals surface area contributed by atoms with E-state index in [1.165, 1.54) is 18.7 Å². The van der Waals surface area contributed by atoms with Crippen LogP contribution >= 0.6 is 0 Å². The number of rotatable bonds is 0. The maximum atomic E-state index is 3.98. The average Bonchev–Trinajstić information content (AvgIpc) is 2.39. The van der Waals surface area contributed by atoms with Gasteiger partial charge in [-0.3, -0.25) is 0 Å². The van der Waals surface area contributed by atoms with Crippen LogP contribution in [0.5, 0.6) is 0 Å². The van der Waals surface area contributed by atoms with Gasteiger partial charge in [0.15, 0.2) is 0 Å². The fourth-order valence-corrected chi connectivity index (χ4v) is 1.61. The Morgan fingerprint density at radius 1 is 1.75 bits per heavy atom. The van der Waals surface area contributed by atoms with Crippen LogP contribution in [0, 0.1) is 11.8 Å². The lowest BCUT2D eigenvalue weighted by Crippen LogP contribution is -2.13. The maximum absolute atomic E-state index is 3.98. The second-order valence-electron chi connectivity index (χ2n) is 2.97. The molecule has 2 unspecified atom stereocenters. The van der Waals surface area contributed by atoms with Crippen molar-refractivity contribution in [3.63, 3.8) is 0 Å². The zero-order chi connectivity index (χ0) is 5.72. The highest BCUT2D eigenvalue weighted by Crippen LogP contribution is 2.50. The number of hydrogen-bond donors (Lipinski definition) is 0. The van der Waals surface area contributed by atoms with Gasteiger partial charge in [0, 0.05) is 25.2 Å². The third-order valence-electron chi connectivity index (χ3n) is 2.35. The smallest absolute Gasteiger partial charge is 0.0206 e. The Labute approximate surface area is 50.0 Å². The molecule has 2 atom stereocenters. The van der Waals surface area contributed by atoms with E-state index in [1.807, 2.05) is 0 Å². The first-order chi connectivity index (χ1) is 3.79. The first-order valence-corrected chi connectivity index (χ1v) is 3.19. The second kappa shape index (κ2) is 1.09. The molecule has 44 valence electrons. The van der Waals surface area contributed by atoms with Crippen LogP contribution in [0.2, 0.25) is 0 Å². The summed E-state index contributed by atoms with van der Waals surface area (Å²) in [6.45, 7) is 5.25. The fraction of sp³-hybridized carbons (Fsp3) is 0.714. The highest BCUT2D eigenvalue weighted by atomic mass is 15.2. The molecule has 0 aromatic heterocycles. The molecule has 2 rings (SSSR count). The molecule has 0 bridgehead atoms. The predicted octanol–water partition coefficient (Wildman–Crippen LogP) is 1.08. The summed E-state index contributed by atoms with van der Waals surface area (Å²) < 4.78 is 0. The Balaban J connectivity index is 2.19. The van der Waals surface area contributed by atoms with Crippen LogP contribution in [0.15, 0.2) is 12.3 Å². The number of likely N-dealkylation sites (tertiary alicyclic amines) is 1. The minimum Gasteiger partial charge on any atom is -0.378 e. The number of piperidine rings is 1. The topological polar surface area (TPSA) is 3.24 Å². The molecule has 0 aromatic rings. The van der Waals surface area contributed by atoms with E-state index >= 15 is 0 Å². The summed E-state index contributed by atoms with van der Waals surface area (Å²) in [5.41, 5.74) is 1.37. The molecular formula is C7H11N. The van der Waals surface area contributed by atoms with Crippen molar-refractivity contribution in [2.45, 2.75) is 6.42 Å². The minimum absolute atomic E-state index is 0.889. The van der Waals surface area contributed by atoms with Crippen molar-refractivity contribution in [3.05, 3.63) is 12.3 Å². The van der Waals surface area contributed by atoms with Crippen LogP contribution in [0.25, 0.3) is 0 Å². The normalized spacial score (nSPS) is 42.6. The summed E-state index contributed by atoms with van der Waals surface area (Å²) >= 11 is 0. The Hall–Kier alpha value is -0.460. The molecule has 1 saturated carbocycles. The molecule has 2 aliphatic rings. The molecule has 1 heterocycles. The maximum Gasteiger partial charge on any atom is 0.0206 e. The van der Waals surface area contributed by atoms with Crippen molar-refractivity contribution in [2.24, 2.45) is 11.8 Å². The van der Waals surface area contributed by atoms with Gasteiger partial charge in [0.25, 0.3) is 0 Å². The van der Waals surface area contributed by atoms with Gasteiger partial charge in [-0.2, -0.15) is 0 Å². The summed E-state index contributed by atoms with van der Waals surface area (Å²) in [7, 11) is 2.13. The third kappa shape index (κ3) is 0.371. The Morgan fingerprint density at radius 2 is 2.50 bits per heavy atom. The van der Waals surface area contributed by atoms with Gasteiger partial charge in [0.2, 0.25) is 0 Å². The SMILES string of the molecule is C=C1C2CC2CN1C. The zero-order valence-corrected chi connectivity index (χ0v) is 5.22. The van der Waals surface area contributed by atoms with Crippen LogP contribution in [0.1, 0.15) is 6.42 Å². The lowest BCUT2D eigenvalue weighted by Gasteiger charge is -2.13. The monoisotopic (exact) mass is 109 g/mol. The molecule has 8 heavy (non-hydrogen) atoms. The van der Waals surface area contributed by atoms with E-state index in [4.69, 9.17) is 0 Å². The second-order valence-corrected chi connectivity index (χ2v) is 2.97. The number of hydrogen-bond acceptors (Lipinski definition) is 1. The van der Waals surface area contributed by atoms with Gasteiger partial charge in [0.1, 0.15) is 0 Å². The van der Waals surface area contributed by atoms with Crippen LogP contribution in [0.4, 0.5) is 0 Å². The molecule has 0 spiro atoms. The summed E-state index contributed by atoms with van der Waals surface area (Å²) in [6.07, 6.45) is 1.42. The molecule has 1 nitrogen and oxygen atoms in total. The average molecular weight is 109 g/mol. The fourth-order valence-electron chi connectivity index (χ4n) is 1.61. The van der Waals surface area contributed by atoms with E-state index < -0.39 is 0 Å². The molecule has 1 aliphatic heterocycles. The van der Waals surface area contributed by atoms with Crippen molar-refractivity contribution < 1.29 is 0 Å². The lowest BCUT2D eigenvalue weighted by molar-refractivity contribution is 0.439. The molecular weight excluding hydrogens is 98.1 g/mol. The highest BCUT2D eigenvalue weighted by Gasteiger charge is 2.46. The number of allylic oxidation sites excluding steroid dienone is 1. The van der Waals surface area contributed by atoms with Crippen LogP contribution in [-0.4, -0.2) is 18.5 Å². The van der Waals surface area contributed by atoms with E-state index in [0.29, 0.717) is 0 Å². The summed E-state index contributed by atoms with van der Waals surface area (Å²) in [6, 6.07) is 0. The molecule has 2 fully saturated rings. The van der Waals surface area contributed by atoms with E-state index in [-0.39, 0.29) is 0 Å². The van der Waals surface area contributed by atoms with E-state index in [9.17, 15) is 0 Å². The molecule has 1 saturated heterocycles. The van der Waals surface area contributed by atoms with Gasteiger partial charge >= 0.3 is 0 Å². The van der Waals surface area contributed by atoms with Crippen molar-refractivity contribution >= 4 is 0 Å². The summed E-state index contributed by atoms with van der Waals surface area (Å²) in [5, 5.41) is 0. The molecule has 0 radical (unpaired) electrons. The Kier molecular flexibility index (Phi) is 0.605. The van der Waals surface area contributed by atoms with E-state index in [1.54, 1.807) is 0 Å². The lowest BCUT2D eigenvalue weighted by atomic mass is 10.3. The molecule has 0 aromatic carbocycles. The first kappa shape index (κ1) is 4.42. The van der Waals surface area contributed by atoms with Crippen LogP contribution in [0.3, 0.4) is 0 Å². The van der Waals surface area contributed by atoms with Gasteiger partial charge in [-0.05, 0) is 12.3 Å². The van der Waals surface area contributed by atoms with Crippen molar-refractivity contribution in [1.82, 2.24) is 4.90 Å². The van der Waals surface area contributed by atoms with Crippen LogP contribution in [-0.2, 0) is 0 Å². The van der Waals surface area contributed by atoms with Gasteiger partial charge < -0.3 is 4.90 Å². The van der Waals surface area contributed by atoms with Gasteiger partial charge in [-0.25, -0.2) is 0 Å². The quantitative estimate of drug-likeness (QED) is 0.450. The van der Waals surface area contributed by atoms with Gasteiger partial charge in [-0.1, -0.05) is 6.58 Å². The molecule has 1 aliphatic carbocycles. The van der Waals surface area contributed by atoms with Crippen LogP contribution < -0.4 is 0 Å². The Bertz CT molecular complexity index is 135. The predicted molar refractivity (Wildman–Crippen MR) is 33.4 cm³/mol. The van der Waals surface area contributed by atoms with E-state index in [0.717, 1.165) is 11.8 Å².